The van der Waals surface area contributed by atoms with Crippen LogP contribution in [0.3, 0.4) is 0 Å². The van der Waals surface area contributed by atoms with Gasteiger partial charge in [-0.2, -0.15) is 0 Å². The van der Waals surface area contributed by atoms with Gasteiger partial charge in [0.15, 0.2) is 0 Å². The van der Waals surface area contributed by atoms with Gasteiger partial charge in [-0.05, 0) is 36.5 Å². The zero-order valence-electron chi connectivity index (χ0n) is 11.2. The van der Waals surface area contributed by atoms with E-state index in [0.29, 0.717) is 18.8 Å². The number of carbonyl (C=O) groups excluding carboxylic acids is 1. The third kappa shape index (κ3) is 2.71. The maximum absolute atomic E-state index is 14.0. The summed E-state index contributed by atoms with van der Waals surface area (Å²) in [6.07, 6.45) is 1.56. The monoisotopic (exact) mass is 267 g/mol. The van der Waals surface area contributed by atoms with Crippen molar-refractivity contribution in [3.8, 4) is 0 Å². The summed E-state index contributed by atoms with van der Waals surface area (Å²) in [5.74, 6) is -1.05. The van der Waals surface area contributed by atoms with Crippen molar-refractivity contribution in [2.45, 2.75) is 18.8 Å². The van der Waals surface area contributed by atoms with E-state index in [4.69, 9.17) is 9.47 Å². The summed E-state index contributed by atoms with van der Waals surface area (Å²) in [6, 6.07) is 2.95. The summed E-state index contributed by atoms with van der Waals surface area (Å²) in [5, 5.41) is 3.02. The molecule has 2 rings (SSSR count). The van der Waals surface area contributed by atoms with E-state index in [-0.39, 0.29) is 11.5 Å². The summed E-state index contributed by atoms with van der Waals surface area (Å²) >= 11 is 0. The number of hydrogen-bond donors (Lipinski definition) is 1. The van der Waals surface area contributed by atoms with E-state index in [1.807, 2.05) is 0 Å². The van der Waals surface area contributed by atoms with Crippen LogP contribution in [0.2, 0.25) is 0 Å². The Labute approximate surface area is 111 Å². The molecular formula is C14H18FNO3. The van der Waals surface area contributed by atoms with Crippen molar-refractivity contribution >= 4 is 11.7 Å². The molecule has 0 saturated carbocycles. The number of hydrogen-bond acceptors (Lipinski definition) is 4. The van der Waals surface area contributed by atoms with Crippen molar-refractivity contribution in [3.05, 3.63) is 29.1 Å². The van der Waals surface area contributed by atoms with Crippen LogP contribution in [0, 0.1) is 5.82 Å². The molecule has 0 spiro atoms. The average Bonchev–Trinajstić information content (AvgIpc) is 2.47. The summed E-state index contributed by atoms with van der Waals surface area (Å²) in [6.45, 7) is 1.26. The van der Waals surface area contributed by atoms with Crippen LogP contribution in [0.4, 0.5) is 10.1 Å². The van der Waals surface area contributed by atoms with Crippen LogP contribution >= 0.6 is 0 Å². The van der Waals surface area contributed by atoms with Crippen LogP contribution < -0.4 is 5.32 Å². The number of anilines is 1. The number of esters is 1. The molecule has 19 heavy (non-hydrogen) atoms. The van der Waals surface area contributed by atoms with E-state index >= 15 is 0 Å². The van der Waals surface area contributed by atoms with Crippen molar-refractivity contribution < 1.29 is 18.7 Å². The number of ether oxygens (including phenoxy) is 2. The molecule has 1 saturated heterocycles. The molecular weight excluding hydrogens is 249 g/mol. The van der Waals surface area contributed by atoms with Crippen LogP contribution in [0.25, 0.3) is 0 Å². The Kier molecular flexibility index (Phi) is 4.37. The summed E-state index contributed by atoms with van der Waals surface area (Å²) in [4.78, 5) is 11.8. The van der Waals surface area contributed by atoms with Crippen molar-refractivity contribution in [2.24, 2.45) is 0 Å². The zero-order chi connectivity index (χ0) is 13.8. The molecule has 104 valence electrons. The third-order valence-corrected chi connectivity index (χ3v) is 3.48. The van der Waals surface area contributed by atoms with E-state index in [9.17, 15) is 9.18 Å². The molecule has 1 aromatic carbocycles. The van der Waals surface area contributed by atoms with Crippen molar-refractivity contribution in [3.63, 3.8) is 0 Å². The number of nitrogens with one attached hydrogen (secondary N) is 1. The van der Waals surface area contributed by atoms with E-state index in [1.165, 1.54) is 13.2 Å². The van der Waals surface area contributed by atoms with Gasteiger partial charge in [0, 0.05) is 25.9 Å². The highest BCUT2D eigenvalue weighted by Gasteiger charge is 2.27. The molecule has 1 aliphatic rings. The lowest BCUT2D eigenvalue weighted by atomic mass is 9.86. The lowest BCUT2D eigenvalue weighted by Crippen LogP contribution is -2.20. The van der Waals surface area contributed by atoms with Crippen LogP contribution in [0.1, 0.15) is 34.7 Å². The second-order valence-corrected chi connectivity index (χ2v) is 4.51. The van der Waals surface area contributed by atoms with Crippen LogP contribution in [0.15, 0.2) is 12.1 Å². The normalized spacial score (nSPS) is 16.2. The molecule has 1 fully saturated rings. The molecule has 0 aromatic heterocycles. The Morgan fingerprint density at radius 2 is 2.11 bits per heavy atom. The minimum Gasteiger partial charge on any atom is -0.465 e. The number of carbonyl (C=O) groups is 1. The fourth-order valence-corrected chi connectivity index (χ4v) is 2.53. The second-order valence-electron chi connectivity index (χ2n) is 4.51. The Morgan fingerprint density at radius 1 is 1.42 bits per heavy atom. The van der Waals surface area contributed by atoms with Gasteiger partial charge in [0.05, 0.1) is 7.11 Å². The number of benzene rings is 1. The maximum atomic E-state index is 14.0. The predicted molar refractivity (Wildman–Crippen MR) is 70.1 cm³/mol. The topological polar surface area (TPSA) is 47.6 Å². The molecule has 5 heteroatoms. The SMILES string of the molecule is CNc1ccc(F)c(C(=O)OC)c1C1CCOCC1. The highest BCUT2D eigenvalue weighted by molar-refractivity contribution is 5.93. The van der Waals surface area contributed by atoms with Gasteiger partial charge in [-0.15, -0.1) is 0 Å². The first-order valence-electron chi connectivity index (χ1n) is 6.35. The van der Waals surface area contributed by atoms with Crippen LogP contribution in [-0.4, -0.2) is 33.3 Å². The fourth-order valence-electron chi connectivity index (χ4n) is 2.53. The first-order valence-corrected chi connectivity index (χ1v) is 6.35. The Hall–Kier alpha value is -1.62. The van der Waals surface area contributed by atoms with Crippen LogP contribution in [-0.2, 0) is 9.47 Å². The third-order valence-electron chi connectivity index (χ3n) is 3.48. The summed E-state index contributed by atoms with van der Waals surface area (Å²) in [5.41, 5.74) is 1.52. The van der Waals surface area contributed by atoms with Gasteiger partial charge in [-0.1, -0.05) is 0 Å². The molecule has 1 N–H and O–H groups in total. The average molecular weight is 267 g/mol. The van der Waals surface area contributed by atoms with Gasteiger partial charge in [0.25, 0.3) is 0 Å². The fraction of sp³-hybridized carbons (Fsp3) is 0.500. The van der Waals surface area contributed by atoms with Crippen molar-refractivity contribution in [1.29, 1.82) is 0 Å². The van der Waals surface area contributed by atoms with Gasteiger partial charge in [-0.3, -0.25) is 0 Å². The number of halogens is 1. The van der Waals surface area contributed by atoms with Gasteiger partial charge < -0.3 is 14.8 Å². The molecule has 0 atom stereocenters. The summed E-state index contributed by atoms with van der Waals surface area (Å²) in [7, 11) is 3.03. The lowest BCUT2D eigenvalue weighted by molar-refractivity contribution is 0.0587. The quantitative estimate of drug-likeness (QED) is 0.855. The van der Waals surface area contributed by atoms with Gasteiger partial charge >= 0.3 is 5.97 Å². The van der Waals surface area contributed by atoms with E-state index in [1.54, 1.807) is 13.1 Å². The van der Waals surface area contributed by atoms with Crippen molar-refractivity contribution in [2.75, 3.05) is 32.7 Å². The van der Waals surface area contributed by atoms with Crippen LogP contribution in [0.5, 0.6) is 0 Å². The Balaban J connectivity index is 2.52. The number of rotatable bonds is 3. The van der Waals surface area contributed by atoms with Gasteiger partial charge in [-0.25, -0.2) is 9.18 Å². The molecule has 1 aliphatic heterocycles. The number of methoxy groups -OCH3 is 1. The lowest BCUT2D eigenvalue weighted by Gasteiger charge is -2.26. The smallest absolute Gasteiger partial charge is 0.341 e. The molecule has 1 aromatic rings. The molecule has 0 radical (unpaired) electrons. The van der Waals surface area contributed by atoms with Crippen molar-refractivity contribution in [1.82, 2.24) is 0 Å². The highest BCUT2D eigenvalue weighted by Crippen LogP contribution is 2.36. The standard InChI is InChI=1S/C14H18FNO3/c1-16-11-4-3-10(15)13(14(17)18-2)12(11)9-5-7-19-8-6-9/h3-4,9,16H,5-8H2,1-2H3. The maximum Gasteiger partial charge on any atom is 0.341 e. The molecule has 0 bridgehead atoms. The largest absolute Gasteiger partial charge is 0.465 e. The molecule has 0 unspecified atom stereocenters. The molecule has 0 amide bonds. The Morgan fingerprint density at radius 3 is 2.68 bits per heavy atom. The van der Waals surface area contributed by atoms with E-state index in [0.717, 1.165) is 18.5 Å². The molecule has 4 nitrogen and oxygen atoms in total. The zero-order valence-corrected chi connectivity index (χ0v) is 11.2. The first kappa shape index (κ1) is 13.8. The Bertz CT molecular complexity index is 470. The first-order chi connectivity index (χ1) is 9.19. The van der Waals surface area contributed by atoms with E-state index in [2.05, 4.69) is 5.32 Å². The molecule has 1 heterocycles. The minimum absolute atomic E-state index is 0.0428. The highest BCUT2D eigenvalue weighted by atomic mass is 19.1. The summed E-state index contributed by atoms with van der Waals surface area (Å²) < 4.78 is 24.0. The second kappa shape index (κ2) is 6.02. The minimum atomic E-state index is -0.629. The van der Waals surface area contributed by atoms with Gasteiger partial charge in [0.2, 0.25) is 0 Å². The predicted octanol–water partition coefficient (Wildman–Crippen LogP) is 2.55. The molecule has 0 aliphatic carbocycles. The van der Waals surface area contributed by atoms with Gasteiger partial charge in [0.1, 0.15) is 11.4 Å². The van der Waals surface area contributed by atoms with E-state index < -0.39 is 11.8 Å².